The lowest BCUT2D eigenvalue weighted by atomic mass is 10.0. The molecule has 2 aliphatic rings. The molecule has 0 saturated heterocycles. The predicted molar refractivity (Wildman–Crippen MR) is 144 cm³/mol. The number of carbonyl (C=O) groups excluding carboxylic acids is 2. The number of amides is 1. The lowest BCUT2D eigenvalue weighted by Crippen LogP contribution is -2.38. The second-order valence-electron chi connectivity index (χ2n) is 10.2. The number of anilines is 1. The summed E-state index contributed by atoms with van der Waals surface area (Å²) in [6.07, 6.45) is 3.77. The second-order valence-corrected chi connectivity index (χ2v) is 12.3. The number of fused-ring (bicyclic) bond motifs is 1. The van der Waals surface area contributed by atoms with E-state index >= 15 is 0 Å². The third-order valence-electron chi connectivity index (χ3n) is 7.06. The summed E-state index contributed by atoms with van der Waals surface area (Å²) in [7, 11) is -1.02. The molecule has 1 aromatic carbocycles. The van der Waals surface area contributed by atoms with Gasteiger partial charge in [0.2, 0.25) is 20.9 Å². The first-order chi connectivity index (χ1) is 18.5. The van der Waals surface area contributed by atoms with Gasteiger partial charge in [-0.15, -0.1) is 0 Å². The molecule has 0 radical (unpaired) electrons. The van der Waals surface area contributed by atoms with Crippen molar-refractivity contribution in [1.82, 2.24) is 18.7 Å². The van der Waals surface area contributed by atoms with Gasteiger partial charge in [-0.1, -0.05) is 18.8 Å². The summed E-state index contributed by atoms with van der Waals surface area (Å²) in [6, 6.07) is 5.28. The molecule has 2 fully saturated rings. The summed E-state index contributed by atoms with van der Waals surface area (Å²) in [5.74, 6) is 5.89. The van der Waals surface area contributed by atoms with E-state index in [1.807, 2.05) is 0 Å². The van der Waals surface area contributed by atoms with Crippen LogP contribution in [0.5, 0.6) is 0 Å². The molecule has 3 aromatic rings. The lowest BCUT2D eigenvalue weighted by Gasteiger charge is -2.09. The van der Waals surface area contributed by atoms with Crippen molar-refractivity contribution in [2.75, 3.05) is 11.1 Å². The largest absolute Gasteiger partial charge is 0.333 e. The van der Waals surface area contributed by atoms with Crippen LogP contribution < -0.4 is 16.6 Å². The number of Topliss-reactive ketones (excluding diaryl/α,β-unsaturated/α-hetero) is 1. The Morgan fingerprint density at radius 3 is 2.38 bits per heavy atom. The van der Waals surface area contributed by atoms with Crippen LogP contribution in [-0.2, 0) is 46.5 Å². The van der Waals surface area contributed by atoms with Crippen LogP contribution >= 0.6 is 0 Å². The second kappa shape index (κ2) is 9.96. The van der Waals surface area contributed by atoms with Crippen LogP contribution in [0.1, 0.15) is 43.7 Å². The Balaban J connectivity index is 1.52. The number of nitrogens with zero attached hydrogens (tertiary/aromatic N) is 4. The Morgan fingerprint density at radius 2 is 1.74 bits per heavy atom. The highest BCUT2D eigenvalue weighted by molar-refractivity contribution is 7.91. The summed E-state index contributed by atoms with van der Waals surface area (Å²) in [6.45, 7) is 1.31. The number of imidazole rings is 1. The van der Waals surface area contributed by atoms with Crippen molar-refractivity contribution in [1.29, 1.82) is 0 Å². The quantitative estimate of drug-likeness (QED) is 0.414. The number of rotatable bonds is 8. The summed E-state index contributed by atoms with van der Waals surface area (Å²) < 4.78 is 28.3. The average molecular weight is 552 g/mol. The minimum absolute atomic E-state index is 0.00934. The molecule has 12 heteroatoms. The smallest absolute Gasteiger partial charge is 0.326 e. The highest BCUT2D eigenvalue weighted by Gasteiger charge is 2.31. The number of hydrogen-bond donors (Lipinski definition) is 1. The first-order valence-corrected chi connectivity index (χ1v) is 14.5. The molecule has 2 heterocycles. The maximum absolute atomic E-state index is 13.0. The topological polar surface area (TPSA) is 142 Å². The van der Waals surface area contributed by atoms with Gasteiger partial charge in [0.05, 0.1) is 12.3 Å². The molecule has 2 aromatic heterocycles. The Kier molecular flexibility index (Phi) is 6.80. The molecule has 5 rings (SSSR count). The zero-order valence-electron chi connectivity index (χ0n) is 22.0. The van der Waals surface area contributed by atoms with Crippen LogP contribution in [0.2, 0.25) is 0 Å². The van der Waals surface area contributed by atoms with Gasteiger partial charge >= 0.3 is 5.69 Å². The maximum Gasteiger partial charge on any atom is 0.333 e. The van der Waals surface area contributed by atoms with Gasteiger partial charge in [0, 0.05) is 43.6 Å². The molecule has 0 bridgehead atoms. The summed E-state index contributed by atoms with van der Waals surface area (Å²) in [5, 5.41) is 2.61. The van der Waals surface area contributed by atoms with Crippen LogP contribution in [0, 0.1) is 23.7 Å². The number of carbonyl (C=O) groups is 2. The van der Waals surface area contributed by atoms with Crippen molar-refractivity contribution < 1.29 is 18.0 Å². The van der Waals surface area contributed by atoms with Gasteiger partial charge in [0.15, 0.2) is 11.2 Å². The molecule has 1 N–H and O–H groups in total. The number of benzene rings is 1. The minimum atomic E-state index is -3.76. The van der Waals surface area contributed by atoms with E-state index in [0.717, 1.165) is 40.4 Å². The van der Waals surface area contributed by atoms with Crippen LogP contribution in [-0.4, -0.2) is 44.5 Å². The van der Waals surface area contributed by atoms with Crippen molar-refractivity contribution >= 4 is 38.4 Å². The zero-order chi connectivity index (χ0) is 28.1. The molecule has 1 amide bonds. The number of sulfone groups is 1. The molecule has 0 atom stereocenters. The van der Waals surface area contributed by atoms with E-state index in [-0.39, 0.29) is 58.6 Å². The SMILES string of the molecule is CCS(=O)(=O)c1nc2c(c(=O)n(C)c(=O)n2CC#Cc2cc(CC(=O)C3CC3)cc(NC(=O)C3CC3)c2)n1C. The molecular formula is C27H29N5O6S. The molecule has 0 unspecified atom stereocenters. The normalized spacial score (nSPS) is 15.2. The Hall–Kier alpha value is -3.98. The van der Waals surface area contributed by atoms with Crippen LogP contribution in [0.3, 0.4) is 0 Å². The monoisotopic (exact) mass is 551 g/mol. The van der Waals surface area contributed by atoms with E-state index in [4.69, 9.17) is 0 Å². The van der Waals surface area contributed by atoms with Gasteiger partial charge in [-0.25, -0.2) is 13.2 Å². The zero-order valence-corrected chi connectivity index (χ0v) is 22.8. The number of nitrogens with one attached hydrogen (secondary N) is 1. The highest BCUT2D eigenvalue weighted by atomic mass is 32.2. The van der Waals surface area contributed by atoms with E-state index in [1.165, 1.54) is 25.6 Å². The van der Waals surface area contributed by atoms with Crippen LogP contribution in [0.4, 0.5) is 5.69 Å². The standard InChI is InChI=1S/C27H29N5O6S/c1-4-39(37,38)26-29-23-22(30(26)2)25(35)31(3)27(36)32(23)11-5-6-16-12-17(15-21(33)18-7-8-18)14-20(13-16)28-24(34)19-9-10-19/h12-14,18-19H,4,7-11,15H2,1-3H3,(H,28,34). The number of aromatic nitrogens is 4. The fourth-order valence-corrected chi connectivity index (χ4v) is 5.45. The summed E-state index contributed by atoms with van der Waals surface area (Å²) in [5.41, 5.74) is 0.428. The fourth-order valence-electron chi connectivity index (χ4n) is 4.46. The molecule has 2 saturated carbocycles. The maximum atomic E-state index is 13.0. The number of ketones is 1. The summed E-state index contributed by atoms with van der Waals surface area (Å²) >= 11 is 0. The molecule has 0 aliphatic heterocycles. The van der Waals surface area contributed by atoms with E-state index in [9.17, 15) is 27.6 Å². The first-order valence-electron chi connectivity index (χ1n) is 12.9. The molecule has 11 nitrogen and oxygen atoms in total. The molecule has 39 heavy (non-hydrogen) atoms. The van der Waals surface area contributed by atoms with E-state index in [2.05, 4.69) is 22.1 Å². The molecular weight excluding hydrogens is 522 g/mol. The van der Waals surface area contributed by atoms with Gasteiger partial charge < -0.3 is 9.88 Å². The van der Waals surface area contributed by atoms with Crippen LogP contribution in [0.15, 0.2) is 32.9 Å². The third-order valence-corrected chi connectivity index (χ3v) is 8.75. The average Bonchev–Trinajstić information content (AvgIpc) is 3.80. The molecule has 2 aliphatic carbocycles. The number of aryl methyl sites for hydroxylation is 1. The fraction of sp³-hybridized carbons (Fsp3) is 0.444. The van der Waals surface area contributed by atoms with Crippen molar-refractivity contribution in [3.8, 4) is 11.8 Å². The molecule has 0 spiro atoms. The Morgan fingerprint density at radius 1 is 1.05 bits per heavy atom. The van der Waals surface area contributed by atoms with Gasteiger partial charge in [-0.05, 0) is 49.4 Å². The van der Waals surface area contributed by atoms with Gasteiger partial charge in [-0.2, -0.15) is 4.98 Å². The highest BCUT2D eigenvalue weighted by Crippen LogP contribution is 2.32. The predicted octanol–water partition coefficient (Wildman–Crippen LogP) is 1.15. The van der Waals surface area contributed by atoms with Crippen molar-refractivity contribution in [2.45, 2.75) is 50.7 Å². The molecule has 204 valence electrons. The van der Waals surface area contributed by atoms with E-state index in [1.54, 1.807) is 18.2 Å². The minimum Gasteiger partial charge on any atom is -0.326 e. The van der Waals surface area contributed by atoms with Crippen LogP contribution in [0.25, 0.3) is 11.2 Å². The van der Waals surface area contributed by atoms with Crippen molar-refractivity contribution in [3.05, 3.63) is 50.2 Å². The Labute approximate surface area is 224 Å². The summed E-state index contributed by atoms with van der Waals surface area (Å²) in [4.78, 5) is 54.7. The van der Waals surface area contributed by atoms with Gasteiger partial charge in [0.1, 0.15) is 5.78 Å². The van der Waals surface area contributed by atoms with E-state index < -0.39 is 21.1 Å². The first kappa shape index (κ1) is 26.6. The number of hydrogen-bond acceptors (Lipinski definition) is 7. The van der Waals surface area contributed by atoms with Gasteiger partial charge in [-0.3, -0.25) is 23.5 Å². The Bertz CT molecular complexity index is 1770. The van der Waals surface area contributed by atoms with Gasteiger partial charge in [0.25, 0.3) is 5.56 Å². The third kappa shape index (κ3) is 5.31. The lowest BCUT2D eigenvalue weighted by molar-refractivity contribution is -0.119. The van der Waals surface area contributed by atoms with Crippen molar-refractivity contribution in [3.63, 3.8) is 0 Å². The van der Waals surface area contributed by atoms with Crippen molar-refractivity contribution in [2.24, 2.45) is 25.9 Å². The van der Waals surface area contributed by atoms with E-state index in [0.29, 0.717) is 11.3 Å².